The summed E-state index contributed by atoms with van der Waals surface area (Å²) in [6.07, 6.45) is 13.1. The van der Waals surface area contributed by atoms with Crippen LogP contribution in [0.2, 0.25) is 0 Å². The van der Waals surface area contributed by atoms with Gasteiger partial charge >= 0.3 is 0 Å². The van der Waals surface area contributed by atoms with Crippen LogP contribution < -0.4 is 23.8 Å². The molecule has 0 spiro atoms. The van der Waals surface area contributed by atoms with Gasteiger partial charge in [0.25, 0.3) is 0 Å². The fraction of sp³-hybridized carbons (Fsp3) is 0.424. The Balaban J connectivity index is 1.30. The summed E-state index contributed by atoms with van der Waals surface area (Å²) in [7, 11) is 0. The molecule has 4 aliphatic rings. The molecule has 0 bridgehead atoms. The first-order chi connectivity index (χ1) is 18.8. The van der Waals surface area contributed by atoms with Crippen molar-refractivity contribution >= 4 is 17.1 Å². The van der Waals surface area contributed by atoms with Crippen LogP contribution in [0.4, 0.5) is 11.4 Å². The zero-order valence-corrected chi connectivity index (χ0v) is 24.0. The molecule has 0 fully saturated rings. The molecular weight excluding hydrogens is 488 g/mol. The number of benzene rings is 2. The van der Waals surface area contributed by atoms with Gasteiger partial charge in [0.05, 0.1) is 11.5 Å². The van der Waals surface area contributed by atoms with Gasteiger partial charge in [0.2, 0.25) is 19.3 Å². The van der Waals surface area contributed by atoms with Gasteiger partial charge in [-0.15, -0.1) is 0 Å². The van der Waals surface area contributed by atoms with E-state index in [1.54, 1.807) is 0 Å². The van der Waals surface area contributed by atoms with Crippen molar-refractivity contribution in [3.05, 3.63) is 71.5 Å². The molecule has 0 N–H and O–H groups in total. The highest BCUT2D eigenvalue weighted by Gasteiger charge is 2.45. The average molecular weight is 528 g/mol. The Kier molecular flexibility index (Phi) is 6.24. The highest BCUT2D eigenvalue weighted by atomic mass is 16.7. The predicted octanol–water partition coefficient (Wildman–Crippen LogP) is 7.13. The first kappa shape index (κ1) is 25.6. The molecule has 2 aromatic carbocycles. The van der Waals surface area contributed by atoms with Gasteiger partial charge in [-0.1, -0.05) is 45.9 Å². The summed E-state index contributed by atoms with van der Waals surface area (Å²) in [5.74, 6) is 3.36. The minimum absolute atomic E-state index is 0.133. The summed E-state index contributed by atoms with van der Waals surface area (Å²) in [5, 5.41) is 0. The van der Waals surface area contributed by atoms with E-state index in [1.807, 2.05) is 0 Å². The monoisotopic (exact) mass is 527 g/mol. The van der Waals surface area contributed by atoms with Crippen molar-refractivity contribution in [1.82, 2.24) is 0 Å². The molecule has 0 aliphatic carbocycles. The molecule has 0 radical (unpaired) electrons. The average Bonchev–Trinajstić information content (AvgIpc) is 3.64. The van der Waals surface area contributed by atoms with Crippen LogP contribution in [-0.4, -0.2) is 37.0 Å². The molecule has 4 aliphatic heterocycles. The quantitative estimate of drug-likeness (QED) is 0.283. The van der Waals surface area contributed by atoms with E-state index in [0.717, 1.165) is 48.9 Å². The first-order valence-electron chi connectivity index (χ1n) is 14.1. The fourth-order valence-corrected chi connectivity index (χ4v) is 6.40. The van der Waals surface area contributed by atoms with Crippen LogP contribution in [0.15, 0.2) is 60.3 Å². The topological polar surface area (TPSA) is 43.2 Å². The van der Waals surface area contributed by atoms with E-state index in [9.17, 15) is 0 Å². The van der Waals surface area contributed by atoms with E-state index in [4.69, 9.17) is 18.9 Å². The molecule has 204 valence electrons. The number of hydrogen-bond acceptors (Lipinski definition) is 5. The normalized spacial score (nSPS) is 20.7. The molecule has 0 aromatic heterocycles. The minimum atomic E-state index is -0.133. The lowest BCUT2D eigenvalue weighted by atomic mass is 9.81. The second-order valence-corrected chi connectivity index (χ2v) is 11.7. The van der Waals surface area contributed by atoms with Gasteiger partial charge in [-0.25, -0.2) is 0 Å². The van der Waals surface area contributed by atoms with Gasteiger partial charge in [-0.05, 0) is 44.0 Å². The number of rotatable bonds is 7. The van der Waals surface area contributed by atoms with Crippen LogP contribution in [0.25, 0.3) is 0 Å². The van der Waals surface area contributed by atoms with E-state index in [2.05, 4.69) is 106 Å². The SMILES string of the molecule is CCCN1/C(=C/C=C/C=C/C2=[N+](CCC)c3cc4c(cc3C2(C)C)OCO4)C(C)(C)c2cc3c(cc21)OCO3. The molecule has 0 amide bonds. The summed E-state index contributed by atoms with van der Waals surface area (Å²) in [5.41, 5.74) is 7.32. The van der Waals surface area contributed by atoms with E-state index < -0.39 is 0 Å². The van der Waals surface area contributed by atoms with Gasteiger partial charge in [-0.3, -0.25) is 0 Å². The number of fused-ring (bicyclic) bond motifs is 4. The van der Waals surface area contributed by atoms with Gasteiger partial charge in [-0.2, -0.15) is 4.58 Å². The number of nitrogens with zero attached hydrogens (tertiary/aromatic N) is 2. The van der Waals surface area contributed by atoms with Crippen molar-refractivity contribution in [2.45, 2.75) is 65.2 Å². The van der Waals surface area contributed by atoms with Crippen molar-refractivity contribution in [3.63, 3.8) is 0 Å². The number of hydrogen-bond donors (Lipinski definition) is 0. The van der Waals surface area contributed by atoms with Crippen LogP contribution in [0.5, 0.6) is 23.0 Å². The summed E-state index contributed by atoms with van der Waals surface area (Å²) < 4.78 is 25.2. The zero-order valence-electron chi connectivity index (χ0n) is 24.0. The second-order valence-electron chi connectivity index (χ2n) is 11.7. The summed E-state index contributed by atoms with van der Waals surface area (Å²) in [6.45, 7) is 16.1. The molecule has 0 unspecified atom stereocenters. The van der Waals surface area contributed by atoms with Crippen LogP contribution in [-0.2, 0) is 10.8 Å². The Labute approximate surface area is 231 Å². The Bertz CT molecular complexity index is 1440. The number of allylic oxidation sites excluding steroid dienone is 6. The minimum Gasteiger partial charge on any atom is -0.454 e. The third-order valence-corrected chi connectivity index (χ3v) is 8.40. The Morgan fingerprint density at radius 3 is 2.08 bits per heavy atom. The third-order valence-electron chi connectivity index (χ3n) is 8.40. The molecule has 6 rings (SSSR count). The van der Waals surface area contributed by atoms with Crippen LogP contribution in [0.1, 0.15) is 65.5 Å². The van der Waals surface area contributed by atoms with Crippen LogP contribution in [0.3, 0.4) is 0 Å². The molecule has 39 heavy (non-hydrogen) atoms. The van der Waals surface area contributed by atoms with Crippen molar-refractivity contribution < 1.29 is 23.5 Å². The largest absolute Gasteiger partial charge is 0.454 e. The molecule has 0 atom stereocenters. The van der Waals surface area contributed by atoms with Crippen LogP contribution >= 0.6 is 0 Å². The lowest BCUT2D eigenvalue weighted by molar-refractivity contribution is -0.437. The highest BCUT2D eigenvalue weighted by Crippen LogP contribution is 2.52. The van der Waals surface area contributed by atoms with Crippen molar-refractivity contribution in [3.8, 4) is 23.0 Å². The molecule has 0 saturated carbocycles. The Hall–Kier alpha value is -3.67. The number of ether oxygens (including phenoxy) is 4. The fourth-order valence-electron chi connectivity index (χ4n) is 6.40. The standard InChI is InChI=1S/C33H39N2O4/c1-7-14-34-24-18-28-26(36-20-38-28)16-22(24)32(3,4)30(34)12-10-9-11-13-31-33(5,6)23-17-27-29(39-21-37-27)19-25(23)35(31)15-8-2/h9-13,16-19H,7-8,14-15,20-21H2,1-6H3/q+1. The van der Waals surface area contributed by atoms with Gasteiger partial charge in [0.1, 0.15) is 6.54 Å². The van der Waals surface area contributed by atoms with Gasteiger partial charge < -0.3 is 23.8 Å². The number of anilines is 1. The molecular formula is C33H39N2O4+. The van der Waals surface area contributed by atoms with Gasteiger partial charge in [0, 0.05) is 47.5 Å². The van der Waals surface area contributed by atoms with Gasteiger partial charge in [0.15, 0.2) is 28.7 Å². The maximum atomic E-state index is 5.69. The highest BCUT2D eigenvalue weighted by molar-refractivity contribution is 6.03. The van der Waals surface area contributed by atoms with Crippen LogP contribution in [0, 0.1) is 0 Å². The van der Waals surface area contributed by atoms with Crippen molar-refractivity contribution in [1.29, 1.82) is 0 Å². The summed E-state index contributed by atoms with van der Waals surface area (Å²) in [4.78, 5) is 2.43. The van der Waals surface area contributed by atoms with Crippen molar-refractivity contribution in [2.75, 3.05) is 31.6 Å². The second kappa shape index (κ2) is 9.51. The lowest BCUT2D eigenvalue weighted by Gasteiger charge is -2.26. The van der Waals surface area contributed by atoms with Crippen molar-refractivity contribution in [2.24, 2.45) is 0 Å². The zero-order chi connectivity index (χ0) is 27.4. The molecule has 6 nitrogen and oxygen atoms in total. The molecule has 2 aromatic rings. The summed E-state index contributed by atoms with van der Waals surface area (Å²) in [6, 6.07) is 8.61. The Morgan fingerprint density at radius 2 is 1.41 bits per heavy atom. The first-order valence-corrected chi connectivity index (χ1v) is 14.1. The molecule has 6 heteroatoms. The summed E-state index contributed by atoms with van der Waals surface area (Å²) >= 11 is 0. The predicted molar refractivity (Wildman–Crippen MR) is 155 cm³/mol. The van der Waals surface area contributed by atoms with E-state index in [1.165, 1.54) is 33.9 Å². The van der Waals surface area contributed by atoms with E-state index >= 15 is 0 Å². The lowest BCUT2D eigenvalue weighted by Crippen LogP contribution is -2.27. The third kappa shape index (κ3) is 4.03. The van der Waals surface area contributed by atoms with E-state index in [0.29, 0.717) is 13.6 Å². The molecule has 0 saturated heterocycles. The maximum absolute atomic E-state index is 5.69. The maximum Gasteiger partial charge on any atom is 0.231 e. The Morgan fingerprint density at radius 1 is 0.769 bits per heavy atom. The van der Waals surface area contributed by atoms with E-state index in [-0.39, 0.29) is 10.8 Å². The molecule has 4 heterocycles. The smallest absolute Gasteiger partial charge is 0.231 e.